The summed E-state index contributed by atoms with van der Waals surface area (Å²) in [6.45, 7) is 2.08. The molecule has 0 fully saturated rings. The molecule has 8 heteroatoms. The minimum Gasteiger partial charge on any atom is -0.510 e. The smallest absolute Gasteiger partial charge is 0.266 e. The fourth-order valence-electron chi connectivity index (χ4n) is 4.14. The molecule has 0 unspecified atom stereocenters. The molecule has 5 rings (SSSR count). The van der Waals surface area contributed by atoms with Gasteiger partial charge >= 0.3 is 0 Å². The van der Waals surface area contributed by atoms with Crippen LogP contribution in [0.15, 0.2) is 88.5 Å². The second kappa shape index (κ2) is 9.72. The second-order valence-corrected chi connectivity index (χ2v) is 9.22. The molecule has 2 heterocycles. The Balaban J connectivity index is 1.57. The van der Waals surface area contributed by atoms with Crippen molar-refractivity contribution in [3.63, 3.8) is 0 Å². The molecule has 0 amide bonds. The molecule has 0 aliphatic carbocycles. The lowest BCUT2D eigenvalue weighted by atomic mass is 10.1. The minimum atomic E-state index is -0.188. The van der Waals surface area contributed by atoms with Crippen molar-refractivity contribution in [1.29, 1.82) is 5.26 Å². The molecule has 7 nitrogen and oxygen atoms in total. The van der Waals surface area contributed by atoms with Crippen LogP contribution in [0.3, 0.4) is 0 Å². The van der Waals surface area contributed by atoms with Crippen LogP contribution in [0.25, 0.3) is 33.2 Å². The third kappa shape index (κ3) is 4.14. The van der Waals surface area contributed by atoms with E-state index in [2.05, 4.69) is 18.0 Å². The summed E-state index contributed by atoms with van der Waals surface area (Å²) in [7, 11) is 1.81. The second-order valence-electron chi connectivity index (χ2n) is 8.28. The van der Waals surface area contributed by atoms with Gasteiger partial charge in [0.2, 0.25) is 0 Å². The highest BCUT2D eigenvalue weighted by Gasteiger charge is 2.19. The van der Waals surface area contributed by atoms with Crippen LogP contribution < -0.4 is 5.56 Å². The zero-order valence-electron chi connectivity index (χ0n) is 19.8. The first-order valence-corrected chi connectivity index (χ1v) is 12.5. The number of thioether (sulfide) groups is 1. The summed E-state index contributed by atoms with van der Waals surface area (Å²) < 4.78 is 3.34. The van der Waals surface area contributed by atoms with Crippen molar-refractivity contribution in [3.8, 4) is 11.8 Å². The number of hydrogen-bond donors (Lipinski definition) is 1. The van der Waals surface area contributed by atoms with Gasteiger partial charge in [0.25, 0.3) is 5.56 Å². The summed E-state index contributed by atoms with van der Waals surface area (Å²) in [5, 5.41) is 21.8. The van der Waals surface area contributed by atoms with Gasteiger partial charge in [0.05, 0.1) is 33.4 Å². The van der Waals surface area contributed by atoms with Gasteiger partial charge in [-0.25, -0.2) is 9.97 Å². The Morgan fingerprint density at radius 2 is 1.69 bits per heavy atom. The fourth-order valence-corrected chi connectivity index (χ4v) is 5.03. The largest absolute Gasteiger partial charge is 0.510 e. The molecule has 2 aromatic heterocycles. The molecule has 36 heavy (non-hydrogen) atoms. The first-order valence-electron chi connectivity index (χ1n) is 11.5. The van der Waals surface area contributed by atoms with Gasteiger partial charge < -0.3 is 9.67 Å². The minimum absolute atomic E-state index is 0.0456. The topological polar surface area (TPSA) is 96.7 Å². The van der Waals surface area contributed by atoms with Crippen molar-refractivity contribution < 1.29 is 5.11 Å². The monoisotopic (exact) mass is 493 g/mol. The Bertz CT molecular complexity index is 1730. The number of benzene rings is 3. The maximum Gasteiger partial charge on any atom is 0.266 e. The normalized spacial score (nSPS) is 12.0. The number of hydrogen-bond acceptors (Lipinski definition) is 6. The van der Waals surface area contributed by atoms with E-state index >= 15 is 0 Å². The number of fused-ring (bicyclic) bond motifs is 2. The van der Waals surface area contributed by atoms with Crippen molar-refractivity contribution in [1.82, 2.24) is 19.1 Å². The SMILES string of the molecule is CCc1ccc(-n2c(SC/C(O)=C(/C#N)c3nc4ccccc4n3C)nc3ccccc3c2=O)cc1. The van der Waals surface area contributed by atoms with Gasteiger partial charge in [-0.05, 0) is 48.4 Å². The predicted molar refractivity (Wildman–Crippen MR) is 143 cm³/mol. The summed E-state index contributed by atoms with van der Waals surface area (Å²) in [5.41, 5.74) is 3.93. The van der Waals surface area contributed by atoms with Crippen molar-refractivity contribution in [2.75, 3.05) is 5.75 Å². The number of rotatable bonds is 6. The Morgan fingerprint density at radius 3 is 2.39 bits per heavy atom. The highest BCUT2D eigenvalue weighted by atomic mass is 32.2. The van der Waals surface area contributed by atoms with Crippen molar-refractivity contribution in [2.24, 2.45) is 7.05 Å². The predicted octanol–water partition coefficient (Wildman–Crippen LogP) is 5.42. The maximum absolute atomic E-state index is 13.5. The number of allylic oxidation sites excluding steroid dienone is 1. The third-order valence-electron chi connectivity index (χ3n) is 6.10. The number of para-hydroxylation sites is 3. The summed E-state index contributed by atoms with van der Waals surface area (Å²) >= 11 is 1.20. The summed E-state index contributed by atoms with van der Waals surface area (Å²) in [4.78, 5) is 22.7. The molecule has 0 atom stereocenters. The van der Waals surface area contributed by atoms with Gasteiger partial charge in [0, 0.05) is 7.05 Å². The number of imidazole rings is 1. The molecule has 0 aliphatic rings. The average Bonchev–Trinajstić information content (AvgIpc) is 3.24. The van der Waals surface area contributed by atoms with E-state index in [-0.39, 0.29) is 22.6 Å². The van der Waals surface area contributed by atoms with E-state index in [4.69, 9.17) is 4.98 Å². The van der Waals surface area contributed by atoms with E-state index in [1.165, 1.54) is 11.8 Å². The van der Waals surface area contributed by atoms with Gasteiger partial charge in [0.1, 0.15) is 17.4 Å². The van der Waals surface area contributed by atoms with E-state index in [9.17, 15) is 15.2 Å². The van der Waals surface area contributed by atoms with Crippen molar-refractivity contribution in [2.45, 2.75) is 18.5 Å². The van der Waals surface area contributed by atoms with Crippen LogP contribution in [-0.4, -0.2) is 30.0 Å². The van der Waals surface area contributed by atoms with Crippen molar-refractivity contribution in [3.05, 3.63) is 100 Å². The molecule has 0 spiro atoms. The zero-order chi connectivity index (χ0) is 25.2. The molecule has 0 saturated carbocycles. The maximum atomic E-state index is 13.5. The molecule has 1 N–H and O–H groups in total. The van der Waals surface area contributed by atoms with Gasteiger partial charge in [-0.2, -0.15) is 5.26 Å². The van der Waals surface area contributed by atoms with Gasteiger partial charge in [-0.15, -0.1) is 0 Å². The Hall–Kier alpha value is -4.35. The molecule has 0 aliphatic heterocycles. The number of nitrogens with zero attached hydrogens (tertiary/aromatic N) is 5. The van der Waals surface area contributed by atoms with E-state index in [1.807, 2.05) is 67.7 Å². The number of aliphatic hydroxyl groups is 1. The van der Waals surface area contributed by atoms with Crippen LogP contribution in [0.1, 0.15) is 18.3 Å². The van der Waals surface area contributed by atoms with Crippen molar-refractivity contribution >= 4 is 39.3 Å². The number of aryl methyl sites for hydroxylation is 2. The molecule has 0 radical (unpaired) electrons. The van der Waals surface area contributed by atoms with Gasteiger partial charge in [-0.3, -0.25) is 9.36 Å². The highest BCUT2D eigenvalue weighted by Crippen LogP contribution is 2.27. The molecule has 5 aromatic rings. The zero-order valence-corrected chi connectivity index (χ0v) is 20.7. The van der Waals surface area contributed by atoms with Crippen LogP contribution in [0, 0.1) is 11.3 Å². The van der Waals surface area contributed by atoms with E-state index in [0.717, 1.165) is 23.0 Å². The van der Waals surface area contributed by atoms with E-state index < -0.39 is 0 Å². The van der Waals surface area contributed by atoms with Crippen LogP contribution >= 0.6 is 11.8 Å². The van der Waals surface area contributed by atoms with E-state index in [1.54, 1.807) is 21.3 Å². The molecule has 3 aromatic carbocycles. The van der Waals surface area contributed by atoms with Gasteiger partial charge in [0.15, 0.2) is 11.0 Å². The average molecular weight is 494 g/mol. The fraction of sp³-hybridized carbons (Fsp3) is 0.143. The molecule has 178 valence electrons. The van der Waals surface area contributed by atoms with Crippen LogP contribution in [-0.2, 0) is 13.5 Å². The molecule has 0 saturated heterocycles. The van der Waals surface area contributed by atoms with Crippen LogP contribution in [0.5, 0.6) is 0 Å². The standard InChI is InChI=1S/C28H23N5O2S/c1-3-18-12-14-19(15-13-18)33-27(35)20-8-4-5-9-22(20)31-28(33)36-17-25(34)21(16-29)26-30-23-10-6-7-11-24(23)32(26)2/h4-15,34H,3,17H2,1-2H3/b25-21+. The highest BCUT2D eigenvalue weighted by molar-refractivity contribution is 7.99. The lowest BCUT2D eigenvalue weighted by molar-refractivity contribution is 0.420. The Labute approximate surface area is 212 Å². The molecular formula is C28H23N5O2S. The van der Waals surface area contributed by atoms with E-state index in [0.29, 0.717) is 27.6 Å². The van der Waals surface area contributed by atoms with Crippen LogP contribution in [0.4, 0.5) is 0 Å². The third-order valence-corrected chi connectivity index (χ3v) is 7.05. The van der Waals surface area contributed by atoms with Gasteiger partial charge in [-0.1, -0.05) is 55.1 Å². The lowest BCUT2D eigenvalue weighted by Gasteiger charge is -2.14. The summed E-state index contributed by atoms with van der Waals surface area (Å²) in [6.07, 6.45) is 0.893. The first-order chi connectivity index (χ1) is 17.5. The summed E-state index contributed by atoms with van der Waals surface area (Å²) in [6, 6.07) is 24.6. The number of aromatic nitrogens is 4. The summed E-state index contributed by atoms with van der Waals surface area (Å²) in [5.74, 6) is 0.302. The first kappa shape index (κ1) is 23.4. The Kier molecular flexibility index (Phi) is 6.32. The number of nitriles is 1. The number of aliphatic hydroxyl groups excluding tert-OH is 1. The molecule has 0 bridgehead atoms. The quantitative estimate of drug-likeness (QED) is 0.147. The lowest BCUT2D eigenvalue weighted by Crippen LogP contribution is -2.22. The van der Waals surface area contributed by atoms with Crippen LogP contribution in [0.2, 0.25) is 0 Å². The molecular weight excluding hydrogens is 470 g/mol. The Morgan fingerprint density at radius 1 is 1.00 bits per heavy atom.